The van der Waals surface area contributed by atoms with Crippen LogP contribution in [-0.2, 0) is 38.1 Å². The highest BCUT2D eigenvalue weighted by atomic mass is 32.2. The van der Waals surface area contributed by atoms with Crippen LogP contribution in [0.1, 0.15) is 81.0 Å². The largest absolute Gasteiger partial charge is 0.457 e. The van der Waals surface area contributed by atoms with Crippen molar-refractivity contribution in [1.29, 1.82) is 0 Å². The molecule has 85 heavy (non-hydrogen) atoms. The summed E-state index contributed by atoms with van der Waals surface area (Å²) in [5.74, 6) is 2.88. The minimum Gasteiger partial charge on any atom is -0.457 e. The van der Waals surface area contributed by atoms with Crippen molar-refractivity contribution in [3.05, 3.63) is 103 Å². The van der Waals surface area contributed by atoms with E-state index in [4.69, 9.17) is 28.4 Å². The minimum absolute atomic E-state index is 0.0576. The average molecular weight is 1190 g/mol. The summed E-state index contributed by atoms with van der Waals surface area (Å²) < 4.78 is 34.1. The molecule has 7 N–H and O–H groups in total. The van der Waals surface area contributed by atoms with E-state index in [9.17, 15) is 28.8 Å². The third kappa shape index (κ3) is 25.0. The van der Waals surface area contributed by atoms with Crippen LogP contribution in [0.4, 0.5) is 22.0 Å². The fraction of sp³-hybridized carbons (Fsp3) is 0.508. The number of hydrogen-bond donors (Lipinski definition) is 7. The van der Waals surface area contributed by atoms with Crippen molar-refractivity contribution in [2.24, 2.45) is 0 Å². The van der Waals surface area contributed by atoms with Crippen molar-refractivity contribution in [1.82, 2.24) is 46.4 Å². The van der Waals surface area contributed by atoms with E-state index in [1.54, 1.807) is 59.5 Å². The predicted molar refractivity (Wildman–Crippen MR) is 325 cm³/mol. The predicted octanol–water partition coefficient (Wildman–Crippen LogP) is 6.56. The van der Waals surface area contributed by atoms with Gasteiger partial charge in [-0.15, -0.1) is 0 Å². The second kappa shape index (κ2) is 37.2. The van der Waals surface area contributed by atoms with E-state index in [1.165, 1.54) is 12.4 Å². The highest BCUT2D eigenvalue weighted by molar-refractivity contribution is 8.00. The summed E-state index contributed by atoms with van der Waals surface area (Å²) in [5.41, 5.74) is 1.31. The Morgan fingerprint density at radius 2 is 1.32 bits per heavy atom. The summed E-state index contributed by atoms with van der Waals surface area (Å²) >= 11 is 1.90. The zero-order valence-electron chi connectivity index (χ0n) is 48.7. The number of urea groups is 1. The molecule has 24 heteroatoms. The Balaban J connectivity index is 0.666. The van der Waals surface area contributed by atoms with Crippen LogP contribution in [0.2, 0.25) is 0 Å². The van der Waals surface area contributed by atoms with E-state index < -0.39 is 0 Å². The van der Waals surface area contributed by atoms with E-state index in [0.717, 1.165) is 56.6 Å². The first-order valence-electron chi connectivity index (χ1n) is 29.5. The molecule has 3 aliphatic rings. The molecule has 0 aliphatic carbocycles. The number of ether oxygens (including phenoxy) is 6. The van der Waals surface area contributed by atoms with Crippen molar-refractivity contribution in [2.45, 2.75) is 88.0 Å². The lowest BCUT2D eigenvalue weighted by molar-refractivity contribution is -0.123. The van der Waals surface area contributed by atoms with Gasteiger partial charge in [0.05, 0.1) is 51.7 Å². The number of anilines is 3. The first-order chi connectivity index (χ1) is 41.5. The van der Waals surface area contributed by atoms with Crippen LogP contribution in [0.15, 0.2) is 97.3 Å². The minimum atomic E-state index is -0.360. The molecular weight excluding hydrogens is 1110 g/mol. The monoisotopic (exact) mass is 1190 g/mol. The summed E-state index contributed by atoms with van der Waals surface area (Å²) in [4.78, 5) is 87.6. The molecule has 3 atom stereocenters. The van der Waals surface area contributed by atoms with E-state index >= 15 is 0 Å². The number of thioether (sulfide) groups is 1. The smallest absolute Gasteiger partial charge is 0.315 e. The number of nitrogens with zero attached hydrogens (tertiary/aromatic N) is 4. The standard InChI is InChI=1S/C61H83N11O12S/c1-71(27-8-7-24-62-55(74)17-9-18-56(75)64-26-12-32-80-36-38-82-37-35-79-31-11-25-63-54(73)16-6-5-15-52-59-51(43-85-52)69-61(78)70-59)28-10-19-57(76)68-47-40-45(60(77)72-29-33-81-34-30-72)39-46(41-47)67-53-42-58(66-44-65-53)84-50-22-20-49(21-23-50)83-48-13-3-2-4-14-48/h2-4,10,13-14,19-23,39-42,44,51-52,59H,5-9,11-12,15-18,24-38,43H2,1H3,(H,62,74)(H,63,73)(H,64,75)(H,68,76)(H,65,66,67)(H2,69,70,78)/b19-10+/t51-,52-,59-/m0/s1. The quantitative estimate of drug-likeness (QED) is 0.0142. The molecule has 7 rings (SSSR count). The highest BCUT2D eigenvalue weighted by Crippen LogP contribution is 2.33. The number of unbranched alkanes of at least 4 members (excludes halogenated alkanes) is 2. The van der Waals surface area contributed by atoms with Crippen LogP contribution in [0.25, 0.3) is 0 Å². The Labute approximate surface area is 502 Å². The summed E-state index contributed by atoms with van der Waals surface area (Å²) in [6.07, 6.45) is 11.9. The Morgan fingerprint density at radius 3 is 2.01 bits per heavy atom. The topological polar surface area (TPSA) is 274 Å². The first-order valence-corrected chi connectivity index (χ1v) is 30.6. The number of aromatic nitrogens is 2. The number of likely N-dealkylation sites (N-methyl/N-ethyl adjacent to an activating group) is 1. The molecule has 4 heterocycles. The molecule has 4 aromatic rings. The number of carbonyl (C=O) groups excluding carboxylic acids is 6. The molecule has 3 aromatic carbocycles. The second-order valence-corrected chi connectivity index (χ2v) is 22.0. The molecule has 7 amide bonds. The van der Waals surface area contributed by atoms with Crippen molar-refractivity contribution < 1.29 is 57.2 Å². The van der Waals surface area contributed by atoms with Gasteiger partial charge in [0.2, 0.25) is 29.5 Å². The van der Waals surface area contributed by atoms with Gasteiger partial charge in [-0.2, -0.15) is 11.8 Å². The zero-order valence-corrected chi connectivity index (χ0v) is 49.5. The fourth-order valence-corrected chi connectivity index (χ4v) is 11.0. The number of carbonyl (C=O) groups is 6. The zero-order chi connectivity index (χ0) is 59.7. The van der Waals surface area contributed by atoms with Crippen molar-refractivity contribution in [3.63, 3.8) is 0 Å². The number of rotatable bonds is 39. The van der Waals surface area contributed by atoms with Gasteiger partial charge in [-0.1, -0.05) is 30.7 Å². The summed E-state index contributed by atoms with van der Waals surface area (Å²) in [6.45, 7) is 7.48. The number of para-hydroxylation sites is 1. The first kappa shape index (κ1) is 65.2. The van der Waals surface area contributed by atoms with Gasteiger partial charge in [0, 0.05) is 112 Å². The maximum Gasteiger partial charge on any atom is 0.315 e. The lowest BCUT2D eigenvalue weighted by Crippen LogP contribution is -2.40. The second-order valence-electron chi connectivity index (χ2n) is 20.7. The molecular formula is C61H83N11O12S. The van der Waals surface area contributed by atoms with Gasteiger partial charge >= 0.3 is 6.03 Å². The van der Waals surface area contributed by atoms with Crippen LogP contribution in [0.3, 0.4) is 0 Å². The van der Waals surface area contributed by atoms with Crippen LogP contribution in [0.5, 0.6) is 23.1 Å². The van der Waals surface area contributed by atoms with Crippen LogP contribution < -0.4 is 46.7 Å². The summed E-state index contributed by atoms with van der Waals surface area (Å²) in [5, 5.41) is 21.3. The fourth-order valence-electron chi connectivity index (χ4n) is 9.42. The number of benzene rings is 3. The van der Waals surface area contributed by atoms with Crippen molar-refractivity contribution in [3.8, 4) is 23.1 Å². The number of nitrogens with one attached hydrogen (secondary N) is 7. The van der Waals surface area contributed by atoms with Gasteiger partial charge in [0.25, 0.3) is 5.91 Å². The van der Waals surface area contributed by atoms with Crippen molar-refractivity contribution in [2.75, 3.05) is 122 Å². The molecule has 3 fully saturated rings. The van der Waals surface area contributed by atoms with Gasteiger partial charge in [0.15, 0.2) is 0 Å². The molecule has 0 radical (unpaired) electrons. The molecule has 3 saturated heterocycles. The maximum atomic E-state index is 13.6. The number of amides is 7. The Bertz CT molecular complexity index is 2740. The van der Waals surface area contributed by atoms with Crippen LogP contribution in [-0.4, -0.2) is 184 Å². The average Bonchev–Trinajstić information content (AvgIpc) is 4.30. The molecule has 0 saturated carbocycles. The lowest BCUT2D eigenvalue weighted by Gasteiger charge is -2.27. The van der Waals surface area contributed by atoms with E-state index in [1.807, 2.05) is 49.1 Å². The maximum absolute atomic E-state index is 13.6. The number of fused-ring (bicyclic) bond motifs is 1. The summed E-state index contributed by atoms with van der Waals surface area (Å²) in [7, 11) is 1.95. The molecule has 23 nitrogen and oxygen atoms in total. The number of hydrogen-bond acceptors (Lipinski definition) is 17. The molecule has 460 valence electrons. The van der Waals surface area contributed by atoms with Gasteiger partial charge in [-0.3, -0.25) is 24.0 Å². The third-order valence-corrected chi connectivity index (χ3v) is 15.4. The van der Waals surface area contributed by atoms with Crippen LogP contribution in [0, 0.1) is 0 Å². The van der Waals surface area contributed by atoms with Gasteiger partial charge < -0.3 is 75.4 Å². The van der Waals surface area contributed by atoms with Gasteiger partial charge in [0.1, 0.15) is 29.4 Å². The molecule has 0 bridgehead atoms. The Hall–Kier alpha value is -7.35. The van der Waals surface area contributed by atoms with Crippen LogP contribution >= 0.6 is 11.8 Å². The summed E-state index contributed by atoms with van der Waals surface area (Å²) in [6, 6.07) is 23.7. The normalized spacial score (nSPS) is 16.3. The highest BCUT2D eigenvalue weighted by Gasteiger charge is 2.42. The number of morpholine rings is 1. The SMILES string of the molecule is CN(C/C=C/C(=O)Nc1cc(Nc2cc(Oc3ccc(Oc4ccccc4)cc3)ncn2)cc(C(=O)N2CCOCC2)c1)CCCCNC(=O)CCCC(=O)NCCCOCCOCCOCCCNC(=O)CCCC[C@@H]1SC[C@@H]2NC(=O)N[C@@H]21. The third-order valence-electron chi connectivity index (χ3n) is 13.9. The Kier molecular flexibility index (Phi) is 28.5. The Morgan fingerprint density at radius 1 is 0.694 bits per heavy atom. The van der Waals surface area contributed by atoms with E-state index in [-0.39, 0.29) is 66.4 Å². The molecule has 0 unspecified atom stereocenters. The van der Waals surface area contributed by atoms with E-state index in [0.29, 0.717) is 151 Å². The van der Waals surface area contributed by atoms with Gasteiger partial charge in [-0.05, 0) is 113 Å². The lowest BCUT2D eigenvalue weighted by atomic mass is 10.0. The van der Waals surface area contributed by atoms with E-state index in [2.05, 4.69) is 52.1 Å². The van der Waals surface area contributed by atoms with Gasteiger partial charge in [-0.25, -0.2) is 14.8 Å². The molecule has 0 spiro atoms. The molecule has 3 aliphatic heterocycles. The molecule has 1 aromatic heterocycles. The van der Waals surface area contributed by atoms with Crippen molar-refractivity contribution >= 4 is 64.5 Å².